The first-order valence-corrected chi connectivity index (χ1v) is 7.27. The number of nitrogens with zero attached hydrogens (tertiary/aromatic N) is 2. The molecule has 0 amide bonds. The number of benzene rings is 1. The van der Waals surface area contributed by atoms with Gasteiger partial charge in [-0.15, -0.1) is 0 Å². The lowest BCUT2D eigenvalue weighted by molar-refractivity contribution is 0.304. The molecule has 0 fully saturated rings. The molecule has 2 heterocycles. The van der Waals surface area contributed by atoms with Crippen molar-refractivity contribution in [2.75, 3.05) is 25.1 Å². The Morgan fingerprint density at radius 2 is 2.17 bits per heavy atom. The molecule has 0 radical (unpaired) electrons. The summed E-state index contributed by atoms with van der Waals surface area (Å²) in [6, 6.07) is 8.26. The minimum Gasteiger partial charge on any atom is -0.395 e. The molecule has 0 saturated heterocycles. The summed E-state index contributed by atoms with van der Waals surface area (Å²) in [4.78, 5) is 6.90. The number of rotatable bonds is 3. The Morgan fingerprint density at radius 3 is 3.00 bits per heavy atom. The van der Waals surface area contributed by atoms with Gasteiger partial charge in [0.05, 0.1) is 23.5 Å². The topological polar surface area (TPSA) is 36.4 Å². The van der Waals surface area contributed by atoms with E-state index in [-0.39, 0.29) is 6.61 Å². The summed E-state index contributed by atoms with van der Waals surface area (Å²) in [5.74, 6) is 2.03. The van der Waals surface area contributed by atoms with E-state index in [0.717, 1.165) is 17.0 Å². The molecule has 0 unspecified atom stereocenters. The summed E-state index contributed by atoms with van der Waals surface area (Å²) < 4.78 is 0. The maximum Gasteiger partial charge on any atom is 0.0726 e. The van der Waals surface area contributed by atoms with Gasteiger partial charge < -0.3 is 10.0 Å². The summed E-state index contributed by atoms with van der Waals surface area (Å²) in [6.45, 7) is 0.834. The van der Waals surface area contributed by atoms with Gasteiger partial charge in [-0.1, -0.05) is 18.2 Å². The summed E-state index contributed by atoms with van der Waals surface area (Å²) in [7, 11) is 2.04. The Labute approximate surface area is 111 Å². The van der Waals surface area contributed by atoms with Crippen molar-refractivity contribution in [3.8, 4) is 0 Å². The van der Waals surface area contributed by atoms with E-state index >= 15 is 0 Å². The number of hydrogen-bond donors (Lipinski definition) is 1. The van der Waals surface area contributed by atoms with E-state index in [4.69, 9.17) is 10.1 Å². The largest absolute Gasteiger partial charge is 0.395 e. The molecule has 0 bridgehead atoms. The van der Waals surface area contributed by atoms with E-state index < -0.39 is 0 Å². The second kappa shape index (κ2) is 4.78. The second-order valence-corrected chi connectivity index (χ2v) is 5.53. The molecule has 0 aliphatic carbocycles. The third-order valence-electron chi connectivity index (χ3n) is 3.35. The van der Waals surface area contributed by atoms with E-state index in [1.165, 1.54) is 22.3 Å². The fourth-order valence-corrected chi connectivity index (χ4v) is 3.54. The van der Waals surface area contributed by atoms with Gasteiger partial charge in [0.15, 0.2) is 0 Å². The van der Waals surface area contributed by atoms with E-state index in [9.17, 15) is 0 Å². The lowest BCUT2D eigenvalue weighted by atomic mass is 10.1. The van der Waals surface area contributed by atoms with Crippen LogP contribution in [0.25, 0.3) is 10.9 Å². The van der Waals surface area contributed by atoms with Crippen LogP contribution in [-0.4, -0.2) is 30.3 Å². The number of fused-ring (bicyclic) bond motifs is 2. The fourth-order valence-electron chi connectivity index (χ4n) is 2.50. The highest BCUT2D eigenvalue weighted by Crippen LogP contribution is 2.39. The molecule has 3 rings (SSSR count). The monoisotopic (exact) mass is 260 g/mol. The summed E-state index contributed by atoms with van der Waals surface area (Å²) in [5, 5.41) is 10.3. The van der Waals surface area contributed by atoms with E-state index in [0.29, 0.717) is 6.54 Å². The Bertz CT molecular complexity index is 585. The zero-order valence-electron chi connectivity index (χ0n) is 10.4. The normalized spacial score (nSPS) is 13.9. The van der Waals surface area contributed by atoms with Crippen LogP contribution in [-0.2, 0) is 11.5 Å². The van der Waals surface area contributed by atoms with Crippen LogP contribution in [0.4, 0.5) is 5.69 Å². The standard InChI is InChI=1S/C14H16N2OS/c1-16(6-7-17)14-10-4-2-3-5-12(10)15-13-9-18-8-11(13)14/h2-5,17H,6-9H2,1H3. The number of para-hydroxylation sites is 1. The smallest absolute Gasteiger partial charge is 0.0726 e. The van der Waals surface area contributed by atoms with E-state index in [1.807, 2.05) is 24.9 Å². The third kappa shape index (κ3) is 1.85. The predicted octanol–water partition coefficient (Wildman–Crippen LogP) is 2.41. The number of aromatic nitrogens is 1. The Kier molecular flexibility index (Phi) is 3.14. The minimum absolute atomic E-state index is 0.176. The zero-order valence-corrected chi connectivity index (χ0v) is 11.2. The van der Waals surface area contributed by atoms with Crippen molar-refractivity contribution in [2.24, 2.45) is 0 Å². The summed E-state index contributed by atoms with van der Waals surface area (Å²) in [5.41, 5.74) is 4.85. The van der Waals surface area contributed by atoms with E-state index in [2.05, 4.69) is 23.1 Å². The highest BCUT2D eigenvalue weighted by molar-refractivity contribution is 7.98. The van der Waals surface area contributed by atoms with Gasteiger partial charge in [-0.25, -0.2) is 0 Å². The van der Waals surface area contributed by atoms with Gasteiger partial charge >= 0.3 is 0 Å². The van der Waals surface area contributed by atoms with Crippen LogP contribution < -0.4 is 4.90 Å². The zero-order chi connectivity index (χ0) is 12.5. The number of aliphatic hydroxyl groups excluding tert-OH is 1. The van der Waals surface area contributed by atoms with Gasteiger partial charge in [0, 0.05) is 36.0 Å². The lowest BCUT2D eigenvalue weighted by Crippen LogP contribution is -2.23. The van der Waals surface area contributed by atoms with Crippen molar-refractivity contribution in [1.82, 2.24) is 4.98 Å². The highest BCUT2D eigenvalue weighted by atomic mass is 32.2. The van der Waals surface area contributed by atoms with Crippen molar-refractivity contribution in [1.29, 1.82) is 0 Å². The Balaban J connectivity index is 2.25. The molecule has 1 aromatic carbocycles. The first-order chi connectivity index (χ1) is 8.81. The first kappa shape index (κ1) is 11.8. The van der Waals surface area contributed by atoms with Gasteiger partial charge in [-0.2, -0.15) is 11.8 Å². The molecule has 3 nitrogen and oxygen atoms in total. The minimum atomic E-state index is 0.176. The Morgan fingerprint density at radius 1 is 1.33 bits per heavy atom. The van der Waals surface area contributed by atoms with Gasteiger partial charge in [-0.05, 0) is 6.07 Å². The molecular formula is C14H16N2OS. The van der Waals surface area contributed by atoms with Gasteiger partial charge in [0.1, 0.15) is 0 Å². The van der Waals surface area contributed by atoms with Crippen LogP contribution in [0.15, 0.2) is 24.3 Å². The van der Waals surface area contributed by atoms with Gasteiger partial charge in [0.2, 0.25) is 0 Å². The predicted molar refractivity (Wildman–Crippen MR) is 77.1 cm³/mol. The van der Waals surface area contributed by atoms with Crippen molar-refractivity contribution < 1.29 is 5.11 Å². The molecule has 18 heavy (non-hydrogen) atoms. The van der Waals surface area contributed by atoms with Crippen molar-refractivity contribution in [2.45, 2.75) is 11.5 Å². The van der Waals surface area contributed by atoms with Crippen molar-refractivity contribution in [3.63, 3.8) is 0 Å². The van der Waals surface area contributed by atoms with Crippen LogP contribution in [0.5, 0.6) is 0 Å². The summed E-state index contributed by atoms with van der Waals surface area (Å²) >= 11 is 1.91. The first-order valence-electron chi connectivity index (χ1n) is 6.11. The maximum atomic E-state index is 9.16. The van der Waals surface area contributed by atoms with Crippen LogP contribution >= 0.6 is 11.8 Å². The molecule has 0 atom stereocenters. The van der Waals surface area contributed by atoms with Gasteiger partial charge in [0.25, 0.3) is 0 Å². The average molecular weight is 260 g/mol. The Hall–Kier alpha value is -1.26. The number of likely N-dealkylation sites (N-methyl/N-ethyl adjacent to an activating group) is 1. The highest BCUT2D eigenvalue weighted by Gasteiger charge is 2.21. The molecule has 1 aromatic heterocycles. The second-order valence-electron chi connectivity index (χ2n) is 4.54. The van der Waals surface area contributed by atoms with Crippen LogP contribution in [0, 0.1) is 0 Å². The number of aliphatic hydroxyl groups is 1. The molecule has 1 aliphatic rings. The number of thioether (sulfide) groups is 1. The van der Waals surface area contributed by atoms with Crippen molar-refractivity contribution >= 4 is 28.4 Å². The van der Waals surface area contributed by atoms with E-state index in [1.54, 1.807) is 0 Å². The molecule has 2 aromatic rings. The quantitative estimate of drug-likeness (QED) is 0.919. The molecule has 1 aliphatic heterocycles. The SMILES string of the molecule is CN(CCO)c1c2c(nc3ccccc13)CSC2. The number of hydrogen-bond acceptors (Lipinski definition) is 4. The number of pyridine rings is 1. The number of anilines is 1. The maximum absolute atomic E-state index is 9.16. The molecule has 4 heteroatoms. The molecule has 94 valence electrons. The molecular weight excluding hydrogens is 244 g/mol. The molecule has 0 spiro atoms. The fraction of sp³-hybridized carbons (Fsp3) is 0.357. The lowest BCUT2D eigenvalue weighted by Gasteiger charge is -2.23. The summed E-state index contributed by atoms with van der Waals surface area (Å²) in [6.07, 6.45) is 0. The van der Waals surface area contributed by atoms with Gasteiger partial charge in [-0.3, -0.25) is 4.98 Å². The van der Waals surface area contributed by atoms with Crippen LogP contribution in [0.3, 0.4) is 0 Å². The average Bonchev–Trinajstić information content (AvgIpc) is 2.83. The van der Waals surface area contributed by atoms with Crippen LogP contribution in [0.1, 0.15) is 11.3 Å². The van der Waals surface area contributed by atoms with Crippen LogP contribution in [0.2, 0.25) is 0 Å². The molecule has 0 saturated carbocycles. The van der Waals surface area contributed by atoms with Crippen molar-refractivity contribution in [3.05, 3.63) is 35.5 Å². The third-order valence-corrected chi connectivity index (χ3v) is 4.32. The molecule has 1 N–H and O–H groups in total.